The molecule has 0 aliphatic rings. The highest BCUT2D eigenvalue weighted by molar-refractivity contribution is 5.67. The molecule has 0 bridgehead atoms. The SMILES string of the molecule is NC(CC(=O)O)c1ccc(C(F)(F)F)nc1. The molecule has 0 aliphatic heterocycles. The Bertz CT molecular complexity index is 375. The van der Waals surface area contributed by atoms with E-state index < -0.39 is 23.9 Å². The van der Waals surface area contributed by atoms with Crippen molar-refractivity contribution in [3.63, 3.8) is 0 Å². The van der Waals surface area contributed by atoms with Gasteiger partial charge in [0.05, 0.1) is 6.42 Å². The number of aromatic nitrogens is 1. The summed E-state index contributed by atoms with van der Waals surface area (Å²) in [5.41, 5.74) is 4.68. The summed E-state index contributed by atoms with van der Waals surface area (Å²) < 4.78 is 36.4. The van der Waals surface area contributed by atoms with E-state index in [2.05, 4.69) is 4.98 Å². The zero-order valence-electron chi connectivity index (χ0n) is 8.03. The number of nitrogens with zero attached hydrogens (tertiary/aromatic N) is 1. The van der Waals surface area contributed by atoms with Gasteiger partial charge in [0.25, 0.3) is 0 Å². The van der Waals surface area contributed by atoms with Crippen molar-refractivity contribution in [2.75, 3.05) is 0 Å². The molecule has 1 atom stereocenters. The lowest BCUT2D eigenvalue weighted by Gasteiger charge is -2.10. The van der Waals surface area contributed by atoms with Crippen LogP contribution in [0.5, 0.6) is 0 Å². The third-order valence-electron chi connectivity index (χ3n) is 1.90. The number of halogens is 3. The van der Waals surface area contributed by atoms with E-state index in [0.29, 0.717) is 0 Å². The van der Waals surface area contributed by atoms with Crippen LogP contribution in [0.3, 0.4) is 0 Å². The van der Waals surface area contributed by atoms with Gasteiger partial charge in [-0.3, -0.25) is 9.78 Å². The Morgan fingerprint density at radius 2 is 2.12 bits per heavy atom. The van der Waals surface area contributed by atoms with Gasteiger partial charge in [-0.1, -0.05) is 6.07 Å². The molecule has 16 heavy (non-hydrogen) atoms. The molecule has 0 aromatic carbocycles. The predicted octanol–water partition coefficient (Wildman–Crippen LogP) is 1.57. The number of rotatable bonds is 3. The van der Waals surface area contributed by atoms with Crippen LogP contribution < -0.4 is 5.73 Å². The van der Waals surface area contributed by atoms with Crippen LogP contribution in [-0.4, -0.2) is 16.1 Å². The number of pyridine rings is 1. The third kappa shape index (κ3) is 3.20. The lowest BCUT2D eigenvalue weighted by molar-refractivity contribution is -0.141. The second kappa shape index (κ2) is 4.48. The van der Waals surface area contributed by atoms with Crippen LogP contribution in [0.15, 0.2) is 18.3 Å². The first-order valence-electron chi connectivity index (χ1n) is 4.31. The molecule has 1 rings (SSSR count). The van der Waals surface area contributed by atoms with Crippen LogP contribution in [0, 0.1) is 0 Å². The van der Waals surface area contributed by atoms with E-state index in [-0.39, 0.29) is 12.0 Å². The van der Waals surface area contributed by atoms with Crippen LogP contribution in [0.4, 0.5) is 13.2 Å². The zero-order valence-corrected chi connectivity index (χ0v) is 8.03. The smallest absolute Gasteiger partial charge is 0.433 e. The predicted molar refractivity (Wildman–Crippen MR) is 48.4 cm³/mol. The maximum Gasteiger partial charge on any atom is 0.433 e. The third-order valence-corrected chi connectivity index (χ3v) is 1.90. The van der Waals surface area contributed by atoms with Crippen molar-refractivity contribution in [2.24, 2.45) is 5.73 Å². The summed E-state index contributed by atoms with van der Waals surface area (Å²) in [7, 11) is 0. The lowest BCUT2D eigenvalue weighted by Crippen LogP contribution is -2.16. The molecule has 1 aromatic rings. The van der Waals surface area contributed by atoms with Crippen molar-refractivity contribution in [1.29, 1.82) is 0 Å². The molecule has 7 heteroatoms. The summed E-state index contributed by atoms with van der Waals surface area (Å²) in [6, 6.07) is 1.05. The molecule has 0 saturated heterocycles. The molecule has 3 N–H and O–H groups in total. The molecule has 1 unspecified atom stereocenters. The van der Waals surface area contributed by atoms with Crippen LogP contribution in [0.25, 0.3) is 0 Å². The van der Waals surface area contributed by atoms with E-state index in [1.54, 1.807) is 0 Å². The molecule has 0 amide bonds. The molecule has 88 valence electrons. The molecule has 1 aromatic heterocycles. The Morgan fingerprint density at radius 3 is 2.50 bits per heavy atom. The fraction of sp³-hybridized carbons (Fsp3) is 0.333. The standard InChI is InChI=1S/C9H9F3N2O2/c10-9(11,12)7-2-1-5(4-14-7)6(13)3-8(15)16/h1-2,4,6H,3,13H2,(H,15,16). The first-order valence-corrected chi connectivity index (χ1v) is 4.31. The quantitative estimate of drug-likeness (QED) is 0.832. The van der Waals surface area contributed by atoms with Crippen molar-refractivity contribution in [2.45, 2.75) is 18.6 Å². The highest BCUT2D eigenvalue weighted by atomic mass is 19.4. The summed E-state index contributed by atoms with van der Waals surface area (Å²) >= 11 is 0. The summed E-state index contributed by atoms with van der Waals surface area (Å²) in [6.07, 6.45) is -3.92. The van der Waals surface area contributed by atoms with Gasteiger partial charge in [-0.15, -0.1) is 0 Å². The number of hydrogen-bond donors (Lipinski definition) is 2. The van der Waals surface area contributed by atoms with Gasteiger partial charge in [-0.05, 0) is 11.6 Å². The number of carboxylic acid groups (broad SMARTS) is 1. The Hall–Kier alpha value is -1.63. The number of aliphatic carboxylic acids is 1. The summed E-state index contributed by atoms with van der Waals surface area (Å²) in [4.78, 5) is 13.5. The van der Waals surface area contributed by atoms with Crippen LogP contribution in [-0.2, 0) is 11.0 Å². The highest BCUT2D eigenvalue weighted by Crippen LogP contribution is 2.27. The number of carboxylic acids is 1. The monoisotopic (exact) mass is 234 g/mol. The van der Waals surface area contributed by atoms with Gasteiger partial charge in [0.1, 0.15) is 5.69 Å². The Balaban J connectivity index is 2.83. The molecule has 4 nitrogen and oxygen atoms in total. The first kappa shape index (κ1) is 12.4. The van der Waals surface area contributed by atoms with Gasteiger partial charge < -0.3 is 10.8 Å². The molecule has 1 heterocycles. The van der Waals surface area contributed by atoms with E-state index >= 15 is 0 Å². The molecule has 0 radical (unpaired) electrons. The maximum atomic E-state index is 12.1. The molecule has 0 fully saturated rings. The van der Waals surface area contributed by atoms with Gasteiger partial charge in [-0.25, -0.2) is 0 Å². The molecular formula is C9H9F3N2O2. The minimum atomic E-state index is -4.50. The second-order valence-electron chi connectivity index (χ2n) is 3.18. The number of hydrogen-bond acceptors (Lipinski definition) is 3. The van der Waals surface area contributed by atoms with Gasteiger partial charge in [0.2, 0.25) is 0 Å². The molecule has 0 aliphatic carbocycles. The van der Waals surface area contributed by atoms with E-state index in [0.717, 1.165) is 18.3 Å². The fourth-order valence-electron chi connectivity index (χ4n) is 1.10. The number of carbonyl (C=O) groups is 1. The van der Waals surface area contributed by atoms with Crippen molar-refractivity contribution < 1.29 is 23.1 Å². The summed E-state index contributed by atoms with van der Waals surface area (Å²) in [5, 5.41) is 8.45. The van der Waals surface area contributed by atoms with Gasteiger partial charge in [-0.2, -0.15) is 13.2 Å². The van der Waals surface area contributed by atoms with Crippen molar-refractivity contribution in [3.05, 3.63) is 29.6 Å². The highest BCUT2D eigenvalue weighted by Gasteiger charge is 2.32. The summed E-state index contributed by atoms with van der Waals surface area (Å²) in [6.45, 7) is 0. The minimum Gasteiger partial charge on any atom is -0.481 e. The lowest BCUT2D eigenvalue weighted by atomic mass is 10.1. The second-order valence-corrected chi connectivity index (χ2v) is 3.18. The van der Waals surface area contributed by atoms with E-state index in [9.17, 15) is 18.0 Å². The van der Waals surface area contributed by atoms with Crippen molar-refractivity contribution in [1.82, 2.24) is 4.98 Å². The zero-order chi connectivity index (χ0) is 12.3. The average Bonchev–Trinajstić information content (AvgIpc) is 2.15. The van der Waals surface area contributed by atoms with Crippen molar-refractivity contribution in [3.8, 4) is 0 Å². The van der Waals surface area contributed by atoms with Crippen LogP contribution >= 0.6 is 0 Å². The first-order chi connectivity index (χ1) is 7.30. The maximum absolute atomic E-state index is 12.1. The Morgan fingerprint density at radius 1 is 1.50 bits per heavy atom. The summed E-state index contributed by atoms with van der Waals surface area (Å²) in [5.74, 6) is -1.12. The molecule has 0 spiro atoms. The van der Waals surface area contributed by atoms with Gasteiger partial charge in [0.15, 0.2) is 0 Å². The Labute approximate surface area is 88.9 Å². The normalized spacial score (nSPS) is 13.5. The number of nitrogens with two attached hydrogens (primary N) is 1. The van der Waals surface area contributed by atoms with Gasteiger partial charge >= 0.3 is 12.1 Å². The van der Waals surface area contributed by atoms with Gasteiger partial charge in [0, 0.05) is 12.2 Å². The van der Waals surface area contributed by atoms with E-state index in [1.165, 1.54) is 0 Å². The van der Waals surface area contributed by atoms with E-state index in [4.69, 9.17) is 10.8 Å². The van der Waals surface area contributed by atoms with Crippen LogP contribution in [0.2, 0.25) is 0 Å². The molecule has 0 saturated carbocycles. The topological polar surface area (TPSA) is 76.2 Å². The molecular weight excluding hydrogens is 225 g/mol. The minimum absolute atomic E-state index is 0.260. The fourth-order valence-corrected chi connectivity index (χ4v) is 1.10. The number of alkyl halides is 3. The van der Waals surface area contributed by atoms with E-state index in [1.807, 2.05) is 0 Å². The van der Waals surface area contributed by atoms with Crippen LogP contribution in [0.1, 0.15) is 23.7 Å². The largest absolute Gasteiger partial charge is 0.481 e. The average molecular weight is 234 g/mol. The Kier molecular flexibility index (Phi) is 3.48. The van der Waals surface area contributed by atoms with Crippen molar-refractivity contribution >= 4 is 5.97 Å².